The second-order valence-electron chi connectivity index (χ2n) is 5.18. The van der Waals surface area contributed by atoms with Crippen molar-refractivity contribution in [3.8, 4) is 5.88 Å². The highest BCUT2D eigenvalue weighted by atomic mass is 16.5. The Kier molecular flexibility index (Phi) is 2.26. The highest BCUT2D eigenvalue weighted by molar-refractivity contribution is 5.47. The molecule has 0 unspecified atom stereocenters. The Hall–Kier alpha value is -1.36. The molecule has 92 valence electrons. The van der Waals surface area contributed by atoms with Crippen molar-refractivity contribution >= 4 is 5.82 Å². The van der Waals surface area contributed by atoms with Crippen LogP contribution < -0.4 is 15.4 Å². The van der Waals surface area contributed by atoms with E-state index in [0.29, 0.717) is 5.88 Å². The molecule has 1 saturated heterocycles. The van der Waals surface area contributed by atoms with Gasteiger partial charge in [0.1, 0.15) is 11.6 Å². The summed E-state index contributed by atoms with van der Waals surface area (Å²) in [4.78, 5) is 10.8. The molecule has 2 heterocycles. The first-order valence-electron chi connectivity index (χ1n) is 6.04. The summed E-state index contributed by atoms with van der Waals surface area (Å²) in [6.07, 6.45) is 2.58. The van der Waals surface area contributed by atoms with Crippen LogP contribution in [0.15, 0.2) is 6.07 Å². The Labute approximate surface area is 101 Å². The first kappa shape index (κ1) is 10.8. The molecule has 2 N–H and O–H groups in total. The summed E-state index contributed by atoms with van der Waals surface area (Å²) in [5.41, 5.74) is 6.35. The first-order chi connectivity index (χ1) is 8.10. The minimum atomic E-state index is 0.0199. The molecule has 1 aromatic heterocycles. The average Bonchev–Trinajstić information content (AvgIpc) is 3.07. The van der Waals surface area contributed by atoms with E-state index in [1.54, 1.807) is 7.11 Å². The lowest BCUT2D eigenvalue weighted by Gasteiger charge is -2.49. The van der Waals surface area contributed by atoms with E-state index >= 15 is 0 Å². The van der Waals surface area contributed by atoms with Crippen molar-refractivity contribution < 1.29 is 4.74 Å². The quantitative estimate of drug-likeness (QED) is 0.835. The smallest absolute Gasteiger partial charge is 0.218 e. The molecule has 0 radical (unpaired) electrons. The third-order valence-electron chi connectivity index (χ3n) is 3.69. The van der Waals surface area contributed by atoms with Gasteiger partial charge >= 0.3 is 0 Å². The van der Waals surface area contributed by atoms with E-state index in [0.717, 1.165) is 30.6 Å². The lowest BCUT2D eigenvalue weighted by atomic mass is 9.86. The predicted molar refractivity (Wildman–Crippen MR) is 65.2 cm³/mol. The summed E-state index contributed by atoms with van der Waals surface area (Å²) < 4.78 is 5.16. The summed E-state index contributed by atoms with van der Waals surface area (Å²) >= 11 is 0. The number of methoxy groups -OCH3 is 1. The van der Waals surface area contributed by atoms with Crippen LogP contribution in [-0.4, -0.2) is 35.7 Å². The van der Waals surface area contributed by atoms with Gasteiger partial charge in [0.2, 0.25) is 5.88 Å². The number of aromatic nitrogens is 2. The molecule has 5 nitrogen and oxygen atoms in total. The molecular weight excluding hydrogens is 216 g/mol. The number of hydrogen-bond acceptors (Lipinski definition) is 5. The monoisotopic (exact) mass is 234 g/mol. The van der Waals surface area contributed by atoms with Gasteiger partial charge in [0.15, 0.2) is 0 Å². The van der Waals surface area contributed by atoms with Crippen molar-refractivity contribution in [3.63, 3.8) is 0 Å². The fourth-order valence-corrected chi connectivity index (χ4v) is 2.53. The van der Waals surface area contributed by atoms with Gasteiger partial charge in [0, 0.05) is 19.2 Å². The van der Waals surface area contributed by atoms with Gasteiger partial charge in [-0.05, 0) is 25.7 Å². The Balaban J connectivity index is 1.75. The van der Waals surface area contributed by atoms with Crippen LogP contribution in [-0.2, 0) is 0 Å². The van der Waals surface area contributed by atoms with Crippen molar-refractivity contribution in [2.45, 2.75) is 25.3 Å². The molecule has 0 amide bonds. The topological polar surface area (TPSA) is 64.3 Å². The van der Waals surface area contributed by atoms with Gasteiger partial charge in [-0.1, -0.05) is 0 Å². The summed E-state index contributed by atoms with van der Waals surface area (Å²) in [5, 5.41) is 0. The maximum Gasteiger partial charge on any atom is 0.218 e. The number of nitrogens with two attached hydrogens (primary N) is 1. The van der Waals surface area contributed by atoms with Gasteiger partial charge in [-0.25, -0.2) is 4.98 Å². The zero-order chi connectivity index (χ0) is 12.0. The molecule has 3 rings (SSSR count). The van der Waals surface area contributed by atoms with Crippen LogP contribution in [0.5, 0.6) is 5.88 Å². The van der Waals surface area contributed by atoms with Crippen molar-refractivity contribution in [3.05, 3.63) is 11.9 Å². The summed E-state index contributed by atoms with van der Waals surface area (Å²) in [6.45, 7) is 3.68. The number of anilines is 1. The molecule has 2 fully saturated rings. The summed E-state index contributed by atoms with van der Waals surface area (Å²) in [5.74, 6) is 3.01. The Morgan fingerprint density at radius 3 is 2.71 bits per heavy atom. The molecule has 0 bridgehead atoms. The van der Waals surface area contributed by atoms with Gasteiger partial charge in [-0.2, -0.15) is 4.98 Å². The van der Waals surface area contributed by atoms with Gasteiger partial charge in [0.05, 0.1) is 12.6 Å². The second-order valence-corrected chi connectivity index (χ2v) is 5.18. The number of hydrogen-bond donors (Lipinski definition) is 1. The van der Waals surface area contributed by atoms with E-state index in [9.17, 15) is 0 Å². The fraction of sp³-hybridized carbons (Fsp3) is 0.667. The molecule has 17 heavy (non-hydrogen) atoms. The number of nitrogens with zero attached hydrogens (tertiary/aromatic N) is 3. The van der Waals surface area contributed by atoms with Crippen molar-refractivity contribution in [2.24, 2.45) is 11.7 Å². The van der Waals surface area contributed by atoms with Crippen LogP contribution in [0, 0.1) is 12.8 Å². The average molecular weight is 234 g/mol. The van der Waals surface area contributed by atoms with Crippen molar-refractivity contribution in [1.29, 1.82) is 0 Å². The number of rotatable bonds is 3. The van der Waals surface area contributed by atoms with Crippen LogP contribution in [0.4, 0.5) is 5.82 Å². The van der Waals surface area contributed by atoms with E-state index < -0.39 is 0 Å². The molecule has 2 aliphatic rings. The Morgan fingerprint density at radius 1 is 1.41 bits per heavy atom. The largest absolute Gasteiger partial charge is 0.481 e. The van der Waals surface area contributed by atoms with Gasteiger partial charge in [0.25, 0.3) is 0 Å². The van der Waals surface area contributed by atoms with Crippen LogP contribution >= 0.6 is 0 Å². The zero-order valence-electron chi connectivity index (χ0n) is 10.3. The third kappa shape index (κ3) is 1.84. The van der Waals surface area contributed by atoms with Crippen LogP contribution in [0.25, 0.3) is 0 Å². The molecule has 0 aromatic carbocycles. The van der Waals surface area contributed by atoms with Crippen LogP contribution in [0.1, 0.15) is 18.7 Å². The molecule has 1 saturated carbocycles. The molecule has 1 aliphatic heterocycles. The van der Waals surface area contributed by atoms with Crippen LogP contribution in [0.2, 0.25) is 0 Å². The fourth-order valence-electron chi connectivity index (χ4n) is 2.53. The highest BCUT2D eigenvalue weighted by Gasteiger charge is 2.50. The molecule has 5 heteroatoms. The van der Waals surface area contributed by atoms with Crippen molar-refractivity contribution in [2.75, 3.05) is 25.1 Å². The van der Waals surface area contributed by atoms with Crippen LogP contribution in [0.3, 0.4) is 0 Å². The highest BCUT2D eigenvalue weighted by Crippen LogP contribution is 2.44. The number of ether oxygens (including phenoxy) is 1. The molecule has 0 spiro atoms. The molecule has 1 aliphatic carbocycles. The molecular formula is C12H18N4O. The first-order valence-corrected chi connectivity index (χ1v) is 6.04. The lowest BCUT2D eigenvalue weighted by Crippen LogP contribution is -2.69. The Morgan fingerprint density at radius 2 is 2.12 bits per heavy atom. The standard InChI is InChI=1S/C12H18N4O/c1-8-14-10(5-11(15-8)17-2)16-6-12(13,7-16)9-3-4-9/h5,9H,3-4,6-7,13H2,1-2H3. The lowest BCUT2D eigenvalue weighted by molar-refractivity contribution is 0.288. The predicted octanol–water partition coefficient (Wildman–Crippen LogP) is 0.721. The summed E-state index contributed by atoms with van der Waals surface area (Å²) in [7, 11) is 1.62. The second kappa shape index (κ2) is 3.57. The van der Waals surface area contributed by atoms with E-state index in [-0.39, 0.29) is 5.54 Å². The van der Waals surface area contributed by atoms with Gasteiger partial charge in [-0.3, -0.25) is 0 Å². The van der Waals surface area contributed by atoms with E-state index in [1.807, 2.05) is 13.0 Å². The maximum atomic E-state index is 6.33. The minimum absolute atomic E-state index is 0.0199. The van der Waals surface area contributed by atoms with Gasteiger partial charge < -0.3 is 15.4 Å². The Bertz CT molecular complexity index is 438. The summed E-state index contributed by atoms with van der Waals surface area (Å²) in [6, 6.07) is 1.87. The molecule has 1 aromatic rings. The van der Waals surface area contributed by atoms with Gasteiger partial charge in [-0.15, -0.1) is 0 Å². The normalized spacial score (nSPS) is 22.2. The van der Waals surface area contributed by atoms with Crippen molar-refractivity contribution in [1.82, 2.24) is 9.97 Å². The third-order valence-corrected chi connectivity index (χ3v) is 3.69. The SMILES string of the molecule is COc1cc(N2CC(N)(C3CC3)C2)nc(C)n1. The van der Waals surface area contributed by atoms with E-state index in [1.165, 1.54) is 12.8 Å². The zero-order valence-corrected chi connectivity index (χ0v) is 10.3. The minimum Gasteiger partial charge on any atom is -0.481 e. The maximum absolute atomic E-state index is 6.33. The van der Waals surface area contributed by atoms with E-state index in [2.05, 4.69) is 14.9 Å². The van der Waals surface area contributed by atoms with E-state index in [4.69, 9.17) is 10.5 Å². The molecule has 0 atom stereocenters. The number of aryl methyl sites for hydroxylation is 1.